The highest BCUT2D eigenvalue weighted by atomic mass is 16.3. The van der Waals surface area contributed by atoms with E-state index in [1.807, 2.05) is 0 Å². The SMILES string of the molecule is CC1(C)C(=O)CC[C@@]2(C)[C@H]1CC[C@]13CC[C@H](C[C@@H]12)[C@@](O)(CO)C3. The normalized spacial score (nSPS) is 54.5. The summed E-state index contributed by atoms with van der Waals surface area (Å²) in [7, 11) is 0. The van der Waals surface area contributed by atoms with Gasteiger partial charge in [-0.05, 0) is 73.5 Å². The zero-order valence-corrected chi connectivity index (χ0v) is 14.9. The fourth-order valence-corrected chi connectivity index (χ4v) is 7.72. The van der Waals surface area contributed by atoms with Crippen LogP contribution in [0.15, 0.2) is 0 Å². The van der Waals surface area contributed by atoms with Crippen LogP contribution in [-0.2, 0) is 4.79 Å². The molecule has 0 aromatic carbocycles. The van der Waals surface area contributed by atoms with Crippen LogP contribution in [0.5, 0.6) is 0 Å². The molecule has 130 valence electrons. The third-order valence-electron chi connectivity index (χ3n) is 8.95. The second-order valence-corrected chi connectivity index (χ2v) is 10.1. The molecule has 1 spiro atoms. The number of hydrogen-bond donors (Lipinski definition) is 2. The lowest BCUT2D eigenvalue weighted by molar-refractivity contribution is -0.240. The van der Waals surface area contributed by atoms with Gasteiger partial charge >= 0.3 is 0 Å². The molecule has 0 radical (unpaired) electrons. The van der Waals surface area contributed by atoms with Gasteiger partial charge in [-0.1, -0.05) is 20.8 Å². The van der Waals surface area contributed by atoms with Gasteiger partial charge in [0.1, 0.15) is 5.78 Å². The summed E-state index contributed by atoms with van der Waals surface area (Å²) in [5.74, 6) is 1.79. The summed E-state index contributed by atoms with van der Waals surface area (Å²) in [6, 6.07) is 0. The smallest absolute Gasteiger partial charge is 0.138 e. The van der Waals surface area contributed by atoms with Gasteiger partial charge in [0.25, 0.3) is 0 Å². The quantitative estimate of drug-likeness (QED) is 0.779. The summed E-state index contributed by atoms with van der Waals surface area (Å²) in [5.41, 5.74) is -0.615. The third kappa shape index (κ3) is 1.87. The highest BCUT2D eigenvalue weighted by Gasteiger charge is 2.67. The molecule has 2 bridgehead atoms. The van der Waals surface area contributed by atoms with Gasteiger partial charge in [0.05, 0.1) is 12.2 Å². The van der Waals surface area contributed by atoms with Crippen molar-refractivity contribution in [3.8, 4) is 0 Å². The Bertz CT molecular complexity index is 541. The van der Waals surface area contributed by atoms with Crippen molar-refractivity contribution in [2.45, 2.75) is 77.7 Å². The maximum absolute atomic E-state index is 12.5. The molecule has 23 heavy (non-hydrogen) atoms. The molecule has 0 aromatic rings. The number of carbonyl (C=O) groups excluding carboxylic acids is 1. The van der Waals surface area contributed by atoms with Crippen LogP contribution in [0, 0.1) is 34.0 Å². The second-order valence-electron chi connectivity index (χ2n) is 10.1. The topological polar surface area (TPSA) is 57.5 Å². The van der Waals surface area contributed by atoms with Crippen molar-refractivity contribution in [3.05, 3.63) is 0 Å². The molecule has 5 saturated carbocycles. The van der Waals surface area contributed by atoms with Crippen molar-refractivity contribution in [1.29, 1.82) is 0 Å². The van der Waals surface area contributed by atoms with Gasteiger partial charge in [-0.25, -0.2) is 0 Å². The second kappa shape index (κ2) is 4.60. The van der Waals surface area contributed by atoms with E-state index < -0.39 is 5.60 Å². The van der Waals surface area contributed by atoms with Gasteiger partial charge in [0, 0.05) is 11.8 Å². The van der Waals surface area contributed by atoms with Gasteiger partial charge in [0.2, 0.25) is 0 Å². The van der Waals surface area contributed by atoms with Gasteiger partial charge in [0.15, 0.2) is 0 Å². The van der Waals surface area contributed by atoms with Crippen molar-refractivity contribution in [1.82, 2.24) is 0 Å². The molecule has 0 aliphatic heterocycles. The Labute approximate surface area is 139 Å². The van der Waals surface area contributed by atoms with E-state index >= 15 is 0 Å². The molecule has 0 aromatic heterocycles. The summed E-state index contributed by atoms with van der Waals surface area (Å²) < 4.78 is 0. The number of fused-ring (bicyclic) bond motifs is 3. The van der Waals surface area contributed by atoms with Crippen LogP contribution in [0.4, 0.5) is 0 Å². The molecule has 0 unspecified atom stereocenters. The first-order valence-electron chi connectivity index (χ1n) is 9.55. The molecule has 6 atom stereocenters. The van der Waals surface area contributed by atoms with E-state index in [1.54, 1.807) is 0 Å². The monoisotopic (exact) mass is 320 g/mol. The standard InChI is InChI=1S/C20H32O3/c1-17(2)14-5-9-19-8-4-13(20(23,11-19)12-21)10-15(19)18(14,3)7-6-16(17)22/h13-15,21,23H,4-12H2,1-3H3/t13-,14+,15-,18+,19+,20+/m1/s1. The third-order valence-corrected chi connectivity index (χ3v) is 8.95. The molecule has 3 heteroatoms. The Hall–Kier alpha value is -0.410. The van der Waals surface area contributed by atoms with Crippen LogP contribution in [0.1, 0.15) is 72.1 Å². The van der Waals surface area contributed by atoms with Gasteiger partial charge < -0.3 is 10.2 Å². The first-order valence-corrected chi connectivity index (χ1v) is 9.55. The number of aliphatic hydroxyl groups excluding tert-OH is 1. The molecule has 0 saturated heterocycles. The largest absolute Gasteiger partial charge is 0.393 e. The Morgan fingerprint density at radius 1 is 1.09 bits per heavy atom. The first-order chi connectivity index (χ1) is 10.7. The van der Waals surface area contributed by atoms with Crippen molar-refractivity contribution in [3.63, 3.8) is 0 Å². The fraction of sp³-hybridized carbons (Fsp3) is 0.950. The van der Waals surface area contributed by atoms with Crippen molar-refractivity contribution in [2.75, 3.05) is 6.61 Å². The van der Waals surface area contributed by atoms with Gasteiger partial charge in [-0.15, -0.1) is 0 Å². The fourth-order valence-electron chi connectivity index (χ4n) is 7.72. The molecule has 2 N–H and O–H groups in total. The van der Waals surface area contributed by atoms with E-state index in [-0.39, 0.29) is 28.8 Å². The maximum Gasteiger partial charge on any atom is 0.138 e. The molecule has 0 amide bonds. The Kier molecular flexibility index (Phi) is 3.22. The maximum atomic E-state index is 12.5. The summed E-state index contributed by atoms with van der Waals surface area (Å²) in [6.45, 7) is 6.69. The number of carbonyl (C=O) groups is 1. The van der Waals surface area contributed by atoms with E-state index in [9.17, 15) is 15.0 Å². The summed E-state index contributed by atoms with van der Waals surface area (Å²) in [5, 5.41) is 20.7. The van der Waals surface area contributed by atoms with Crippen molar-refractivity contribution < 1.29 is 15.0 Å². The lowest BCUT2D eigenvalue weighted by Gasteiger charge is -2.69. The predicted molar refractivity (Wildman–Crippen MR) is 88.8 cm³/mol. The highest BCUT2D eigenvalue weighted by Crippen LogP contribution is 2.72. The first kappa shape index (κ1) is 16.1. The van der Waals surface area contributed by atoms with Crippen molar-refractivity contribution in [2.24, 2.45) is 34.0 Å². The summed E-state index contributed by atoms with van der Waals surface area (Å²) in [6.07, 6.45) is 8.09. The van der Waals surface area contributed by atoms with Crippen LogP contribution in [0.3, 0.4) is 0 Å². The Morgan fingerprint density at radius 3 is 2.48 bits per heavy atom. The van der Waals surface area contributed by atoms with Crippen molar-refractivity contribution >= 4 is 5.78 Å². The molecule has 5 rings (SSSR count). The van der Waals surface area contributed by atoms with E-state index in [2.05, 4.69) is 20.8 Å². The van der Waals surface area contributed by atoms with Crippen LogP contribution in [0.2, 0.25) is 0 Å². The lowest BCUT2D eigenvalue weighted by atomic mass is 9.36. The number of rotatable bonds is 1. The van der Waals surface area contributed by atoms with E-state index in [4.69, 9.17) is 0 Å². The van der Waals surface area contributed by atoms with Gasteiger partial charge in [-0.2, -0.15) is 0 Å². The average molecular weight is 320 g/mol. The molecular weight excluding hydrogens is 288 g/mol. The minimum atomic E-state index is -0.849. The van der Waals surface area contributed by atoms with E-state index in [0.717, 1.165) is 44.9 Å². The molecule has 0 heterocycles. The molecule has 5 aliphatic rings. The number of hydrogen-bond acceptors (Lipinski definition) is 3. The Balaban J connectivity index is 1.73. The van der Waals surface area contributed by atoms with Gasteiger partial charge in [-0.3, -0.25) is 4.79 Å². The zero-order valence-electron chi connectivity index (χ0n) is 14.9. The lowest BCUT2D eigenvalue weighted by Crippen LogP contribution is -2.66. The summed E-state index contributed by atoms with van der Waals surface area (Å²) >= 11 is 0. The van der Waals surface area contributed by atoms with Crippen LogP contribution in [0.25, 0.3) is 0 Å². The Morgan fingerprint density at radius 2 is 1.78 bits per heavy atom. The van der Waals surface area contributed by atoms with E-state index in [1.165, 1.54) is 6.42 Å². The minimum Gasteiger partial charge on any atom is -0.393 e. The molecule has 5 aliphatic carbocycles. The van der Waals surface area contributed by atoms with Crippen LogP contribution >= 0.6 is 0 Å². The predicted octanol–water partition coefficient (Wildman–Crippen LogP) is 3.32. The van der Waals surface area contributed by atoms with E-state index in [0.29, 0.717) is 17.6 Å². The highest BCUT2D eigenvalue weighted by molar-refractivity contribution is 5.85. The molecule has 5 fully saturated rings. The van der Waals surface area contributed by atoms with Crippen LogP contribution in [-0.4, -0.2) is 28.2 Å². The molecular formula is C20H32O3. The average Bonchev–Trinajstić information content (AvgIpc) is 2.51. The zero-order chi connectivity index (χ0) is 16.7. The number of Topliss-reactive ketones (excluding diaryl/α,β-unsaturated/α-hetero) is 1. The number of aliphatic hydroxyl groups is 2. The number of ketones is 1. The minimum absolute atomic E-state index is 0.0870. The molecule has 3 nitrogen and oxygen atoms in total. The summed E-state index contributed by atoms with van der Waals surface area (Å²) in [4.78, 5) is 12.5. The van der Waals surface area contributed by atoms with Crippen LogP contribution < -0.4 is 0 Å².